The van der Waals surface area contributed by atoms with Crippen molar-refractivity contribution < 1.29 is 4.74 Å². The van der Waals surface area contributed by atoms with Crippen LogP contribution in [0.15, 0.2) is 53.9 Å². The van der Waals surface area contributed by atoms with E-state index in [9.17, 15) is 0 Å². The molecule has 1 fully saturated rings. The molecule has 0 bridgehead atoms. The van der Waals surface area contributed by atoms with Gasteiger partial charge in [-0.2, -0.15) is 0 Å². The van der Waals surface area contributed by atoms with Crippen LogP contribution in [0.25, 0.3) is 10.9 Å². The van der Waals surface area contributed by atoms with Gasteiger partial charge in [0, 0.05) is 36.7 Å². The molecule has 0 aliphatic carbocycles. The van der Waals surface area contributed by atoms with Gasteiger partial charge in [-0.3, -0.25) is 4.98 Å². The molecular formula is C19H20N4OS. The Morgan fingerprint density at radius 1 is 1.12 bits per heavy atom. The van der Waals surface area contributed by atoms with Crippen molar-refractivity contribution in [2.75, 3.05) is 18.5 Å². The number of nitrogens with one attached hydrogen (secondary N) is 1. The van der Waals surface area contributed by atoms with Gasteiger partial charge in [-0.05, 0) is 42.7 Å². The molecule has 1 aliphatic heterocycles. The van der Waals surface area contributed by atoms with Gasteiger partial charge in [0.15, 0.2) is 5.16 Å². The molecule has 128 valence electrons. The molecule has 25 heavy (non-hydrogen) atoms. The highest BCUT2D eigenvalue weighted by molar-refractivity contribution is 7.98. The number of anilines is 1. The molecular weight excluding hydrogens is 332 g/mol. The van der Waals surface area contributed by atoms with Crippen LogP contribution in [0.1, 0.15) is 18.4 Å². The van der Waals surface area contributed by atoms with E-state index >= 15 is 0 Å². The summed E-state index contributed by atoms with van der Waals surface area (Å²) in [7, 11) is 0. The predicted octanol–water partition coefficient (Wildman–Crippen LogP) is 3.91. The Bertz CT molecular complexity index is 837. The molecule has 3 heterocycles. The summed E-state index contributed by atoms with van der Waals surface area (Å²) < 4.78 is 5.71. The lowest BCUT2D eigenvalue weighted by Crippen LogP contribution is -2.19. The first kappa shape index (κ1) is 16.3. The van der Waals surface area contributed by atoms with Gasteiger partial charge < -0.3 is 10.1 Å². The Morgan fingerprint density at radius 3 is 2.84 bits per heavy atom. The highest BCUT2D eigenvalue weighted by Gasteiger charge is 2.16. The van der Waals surface area contributed by atoms with E-state index in [4.69, 9.17) is 14.7 Å². The number of benzene rings is 1. The van der Waals surface area contributed by atoms with Gasteiger partial charge in [-0.15, -0.1) is 0 Å². The fraction of sp³-hybridized carbons (Fsp3) is 0.316. The molecule has 0 saturated carbocycles. The Hall–Kier alpha value is -2.18. The maximum absolute atomic E-state index is 5.71. The third-order valence-corrected chi connectivity index (χ3v) is 5.14. The molecule has 0 radical (unpaired) electrons. The number of rotatable bonds is 6. The number of thioether (sulfide) groups is 1. The fourth-order valence-corrected chi connectivity index (χ4v) is 3.70. The Kier molecular flexibility index (Phi) is 5.09. The van der Waals surface area contributed by atoms with E-state index in [2.05, 4.69) is 16.4 Å². The highest BCUT2D eigenvalue weighted by atomic mass is 32.2. The van der Waals surface area contributed by atoms with Crippen molar-refractivity contribution >= 4 is 28.5 Å². The van der Waals surface area contributed by atoms with Crippen LogP contribution in [0.5, 0.6) is 0 Å². The Labute approximate surface area is 151 Å². The first-order valence-corrected chi connectivity index (χ1v) is 9.51. The number of aromatic nitrogens is 3. The quantitative estimate of drug-likeness (QED) is 0.536. The molecule has 3 aromatic rings. The van der Waals surface area contributed by atoms with E-state index in [1.165, 1.54) is 5.56 Å². The van der Waals surface area contributed by atoms with E-state index in [1.54, 1.807) is 11.8 Å². The molecule has 1 atom stereocenters. The summed E-state index contributed by atoms with van der Waals surface area (Å²) in [5.41, 5.74) is 2.18. The van der Waals surface area contributed by atoms with E-state index in [-0.39, 0.29) is 6.10 Å². The Balaban J connectivity index is 1.54. The molecule has 0 spiro atoms. The molecule has 1 N–H and O–H groups in total. The number of para-hydroxylation sites is 1. The zero-order valence-corrected chi connectivity index (χ0v) is 14.7. The van der Waals surface area contributed by atoms with Gasteiger partial charge in [0.05, 0.1) is 11.6 Å². The van der Waals surface area contributed by atoms with Crippen LogP contribution < -0.4 is 5.32 Å². The van der Waals surface area contributed by atoms with Crippen LogP contribution in [-0.4, -0.2) is 34.2 Å². The summed E-state index contributed by atoms with van der Waals surface area (Å²) in [6, 6.07) is 12.2. The summed E-state index contributed by atoms with van der Waals surface area (Å²) >= 11 is 1.64. The van der Waals surface area contributed by atoms with Crippen molar-refractivity contribution in [1.29, 1.82) is 0 Å². The zero-order chi connectivity index (χ0) is 16.9. The van der Waals surface area contributed by atoms with E-state index < -0.39 is 0 Å². The van der Waals surface area contributed by atoms with Crippen LogP contribution in [-0.2, 0) is 10.5 Å². The number of fused-ring (bicyclic) bond motifs is 1. The van der Waals surface area contributed by atoms with E-state index in [1.807, 2.05) is 42.7 Å². The molecule has 1 saturated heterocycles. The number of nitrogens with zero attached hydrogens (tertiary/aromatic N) is 3. The molecule has 4 rings (SSSR count). The van der Waals surface area contributed by atoms with Gasteiger partial charge in [-0.25, -0.2) is 9.97 Å². The van der Waals surface area contributed by atoms with Crippen LogP contribution in [0.2, 0.25) is 0 Å². The summed E-state index contributed by atoms with van der Waals surface area (Å²) in [5.74, 6) is 1.71. The second-order valence-electron chi connectivity index (χ2n) is 6.03. The maximum Gasteiger partial charge on any atom is 0.190 e. The lowest BCUT2D eigenvalue weighted by Gasteiger charge is -2.14. The second kappa shape index (κ2) is 7.80. The number of pyridine rings is 1. The van der Waals surface area contributed by atoms with E-state index in [0.29, 0.717) is 0 Å². The Morgan fingerprint density at radius 2 is 2.00 bits per heavy atom. The lowest BCUT2D eigenvalue weighted by atomic mass is 10.2. The minimum atomic E-state index is 0.279. The second-order valence-corrected chi connectivity index (χ2v) is 6.97. The van der Waals surface area contributed by atoms with Crippen molar-refractivity contribution in [3.8, 4) is 0 Å². The molecule has 1 aliphatic rings. The largest absolute Gasteiger partial charge is 0.376 e. The van der Waals surface area contributed by atoms with Gasteiger partial charge >= 0.3 is 0 Å². The van der Waals surface area contributed by atoms with Gasteiger partial charge in [0.2, 0.25) is 0 Å². The van der Waals surface area contributed by atoms with Crippen LogP contribution >= 0.6 is 11.8 Å². The minimum Gasteiger partial charge on any atom is -0.376 e. The van der Waals surface area contributed by atoms with Gasteiger partial charge in [0.1, 0.15) is 5.82 Å². The average Bonchev–Trinajstić information content (AvgIpc) is 3.19. The van der Waals surface area contributed by atoms with Gasteiger partial charge in [0.25, 0.3) is 0 Å². The molecule has 0 amide bonds. The minimum absolute atomic E-state index is 0.279. The number of hydrogen-bond acceptors (Lipinski definition) is 6. The van der Waals surface area contributed by atoms with Crippen molar-refractivity contribution in [1.82, 2.24) is 15.0 Å². The first-order valence-electron chi connectivity index (χ1n) is 8.52. The van der Waals surface area contributed by atoms with Crippen molar-refractivity contribution in [3.05, 3.63) is 54.4 Å². The molecule has 1 aromatic carbocycles. The van der Waals surface area contributed by atoms with Crippen LogP contribution in [0, 0.1) is 0 Å². The van der Waals surface area contributed by atoms with Crippen molar-refractivity contribution in [2.45, 2.75) is 29.9 Å². The van der Waals surface area contributed by atoms with Crippen LogP contribution in [0.4, 0.5) is 5.82 Å². The normalized spacial score (nSPS) is 17.0. The number of ether oxygens (including phenoxy) is 1. The molecule has 2 aromatic heterocycles. The average molecular weight is 352 g/mol. The molecule has 0 unspecified atom stereocenters. The van der Waals surface area contributed by atoms with Crippen LogP contribution in [0.3, 0.4) is 0 Å². The first-order chi connectivity index (χ1) is 12.4. The smallest absolute Gasteiger partial charge is 0.190 e. The van der Waals surface area contributed by atoms with Crippen molar-refractivity contribution in [2.24, 2.45) is 0 Å². The maximum atomic E-state index is 5.71. The summed E-state index contributed by atoms with van der Waals surface area (Å²) in [6.07, 6.45) is 6.16. The third-order valence-electron chi connectivity index (χ3n) is 4.22. The molecule has 6 heteroatoms. The zero-order valence-electron chi connectivity index (χ0n) is 13.9. The predicted molar refractivity (Wildman–Crippen MR) is 101 cm³/mol. The third kappa shape index (κ3) is 4.08. The van der Waals surface area contributed by atoms with E-state index in [0.717, 1.165) is 53.6 Å². The number of hydrogen-bond donors (Lipinski definition) is 1. The summed E-state index contributed by atoms with van der Waals surface area (Å²) in [6.45, 7) is 1.65. The standard InChI is InChI=1S/C19H20N4OS/c1-2-6-17-16(5-1)18(21-12-15-4-3-11-24-15)23-19(22-17)25-13-14-7-9-20-10-8-14/h1-2,5-10,15H,3-4,11-13H2,(H,21,22,23)/t15-/m0/s1. The topological polar surface area (TPSA) is 59.9 Å². The highest BCUT2D eigenvalue weighted by Crippen LogP contribution is 2.26. The monoisotopic (exact) mass is 352 g/mol. The SMILES string of the molecule is c1ccc2c(NC[C@@H]3CCCO3)nc(SCc3ccncc3)nc2c1. The van der Waals surface area contributed by atoms with Gasteiger partial charge in [-0.1, -0.05) is 23.9 Å². The summed E-state index contributed by atoms with van der Waals surface area (Å²) in [5, 5.41) is 5.30. The van der Waals surface area contributed by atoms with Crippen molar-refractivity contribution in [3.63, 3.8) is 0 Å². The summed E-state index contributed by atoms with van der Waals surface area (Å²) in [4.78, 5) is 13.5. The molecule has 5 nitrogen and oxygen atoms in total. The lowest BCUT2D eigenvalue weighted by molar-refractivity contribution is 0.120. The fourth-order valence-electron chi connectivity index (χ4n) is 2.90.